The lowest BCUT2D eigenvalue weighted by Gasteiger charge is -2.20. The maximum Gasteiger partial charge on any atom is 0.305 e. The molecule has 0 saturated carbocycles. The molecule has 0 aromatic carbocycles. The number of carbonyl (C=O) groups is 2. The van der Waals surface area contributed by atoms with Gasteiger partial charge >= 0.3 is 5.97 Å². The first kappa shape index (κ1) is 73.8. The lowest BCUT2D eigenvalue weighted by molar-refractivity contribution is -0.143. The normalized spacial score (nSPS) is 12.8. The minimum atomic E-state index is -0.843. The van der Waals surface area contributed by atoms with Crippen LogP contribution in [0, 0.1) is 0 Å². The molecular weight excluding hydrogens is 935 g/mol. The zero-order valence-electron chi connectivity index (χ0n) is 51.0. The minimum absolute atomic E-state index is 0.00891. The summed E-state index contributed by atoms with van der Waals surface area (Å²) in [5.41, 5.74) is 0. The van der Waals surface area contributed by atoms with Crippen molar-refractivity contribution >= 4 is 11.9 Å². The van der Waals surface area contributed by atoms with Gasteiger partial charge in [-0.3, -0.25) is 9.59 Å². The molecule has 6 heteroatoms. The Hall–Kier alpha value is -2.18. The van der Waals surface area contributed by atoms with E-state index in [4.69, 9.17) is 4.74 Å². The highest BCUT2D eigenvalue weighted by molar-refractivity contribution is 5.76. The molecule has 0 heterocycles. The molecule has 2 unspecified atom stereocenters. The number of esters is 1. The maximum absolute atomic E-state index is 12.4. The van der Waals surface area contributed by atoms with Crippen molar-refractivity contribution < 1.29 is 24.5 Å². The van der Waals surface area contributed by atoms with E-state index < -0.39 is 12.1 Å². The predicted molar refractivity (Wildman–Crippen MR) is 333 cm³/mol. The Morgan fingerprint density at radius 3 is 1.04 bits per heavy atom. The summed E-state index contributed by atoms with van der Waals surface area (Å²) in [6, 6.07) is -0.626. The highest BCUT2D eigenvalue weighted by atomic mass is 16.5. The monoisotopic (exact) mass is 1070 g/mol. The van der Waals surface area contributed by atoms with Crippen LogP contribution in [0.2, 0.25) is 0 Å². The van der Waals surface area contributed by atoms with Gasteiger partial charge in [-0.2, -0.15) is 0 Å². The first-order chi connectivity index (χ1) is 37.5. The first-order valence-electron chi connectivity index (χ1n) is 33.9. The number of carbonyl (C=O) groups excluding carboxylic acids is 2. The molecule has 0 radical (unpaired) electrons. The zero-order valence-corrected chi connectivity index (χ0v) is 51.0. The van der Waals surface area contributed by atoms with E-state index in [2.05, 4.69) is 55.6 Å². The smallest absolute Gasteiger partial charge is 0.305 e. The van der Waals surface area contributed by atoms with E-state index in [0.717, 1.165) is 51.4 Å². The summed E-state index contributed by atoms with van der Waals surface area (Å²) in [4.78, 5) is 24.5. The van der Waals surface area contributed by atoms with Crippen LogP contribution in [-0.4, -0.2) is 47.4 Å². The van der Waals surface area contributed by atoms with E-state index >= 15 is 0 Å². The summed E-state index contributed by atoms with van der Waals surface area (Å²) in [6.07, 6.45) is 84.7. The van der Waals surface area contributed by atoms with Crippen LogP contribution in [0.1, 0.15) is 361 Å². The number of aliphatic hydroxyl groups is 2. The fraction of sp³-hybridized carbons (Fsp3) is 0.857. The number of allylic oxidation sites excluding steroid dienone is 7. The van der Waals surface area contributed by atoms with Crippen molar-refractivity contribution in [1.29, 1.82) is 0 Å². The zero-order chi connectivity index (χ0) is 55.0. The SMILES string of the molecule is CCCCC/C=C\C/C=C\CCCCCCCCCC(=O)OCCCCCCCCCCCCCC/C=C\CCCCCCCCCCCCCCCCC(=O)NC(CO)C(O)/C=C/CCCCCCCCCCCC. The molecule has 3 N–H and O–H groups in total. The number of rotatable bonds is 63. The number of unbranched alkanes of at least 4 members (excludes halogenated alkanes) is 46. The maximum atomic E-state index is 12.4. The van der Waals surface area contributed by atoms with Crippen LogP contribution >= 0.6 is 0 Å². The molecule has 0 bridgehead atoms. The lowest BCUT2D eigenvalue weighted by Crippen LogP contribution is -2.45. The molecule has 0 aliphatic rings. The highest BCUT2D eigenvalue weighted by Crippen LogP contribution is 2.17. The van der Waals surface area contributed by atoms with Gasteiger partial charge in [0, 0.05) is 12.8 Å². The number of aliphatic hydroxyl groups excluding tert-OH is 2. The number of amides is 1. The van der Waals surface area contributed by atoms with Gasteiger partial charge in [-0.1, -0.05) is 306 Å². The Balaban J connectivity index is 3.36. The third-order valence-corrected chi connectivity index (χ3v) is 15.6. The molecule has 6 nitrogen and oxygen atoms in total. The number of hydrogen-bond acceptors (Lipinski definition) is 5. The molecular formula is C70H131NO5. The summed E-state index contributed by atoms with van der Waals surface area (Å²) in [6.45, 7) is 4.88. The van der Waals surface area contributed by atoms with E-state index in [1.54, 1.807) is 6.08 Å². The fourth-order valence-electron chi connectivity index (χ4n) is 10.4. The van der Waals surface area contributed by atoms with E-state index in [-0.39, 0.29) is 18.5 Å². The molecule has 0 fully saturated rings. The van der Waals surface area contributed by atoms with Gasteiger partial charge in [0.2, 0.25) is 5.91 Å². The number of hydrogen-bond donors (Lipinski definition) is 3. The predicted octanol–water partition coefficient (Wildman–Crippen LogP) is 21.7. The van der Waals surface area contributed by atoms with Crippen LogP contribution < -0.4 is 5.32 Å². The van der Waals surface area contributed by atoms with E-state index in [9.17, 15) is 19.8 Å². The summed E-state index contributed by atoms with van der Waals surface area (Å²) < 4.78 is 5.50. The van der Waals surface area contributed by atoms with Crippen LogP contribution in [0.5, 0.6) is 0 Å². The van der Waals surface area contributed by atoms with Gasteiger partial charge in [0.25, 0.3) is 0 Å². The molecule has 446 valence electrons. The molecule has 0 aromatic rings. The van der Waals surface area contributed by atoms with Gasteiger partial charge in [-0.05, 0) is 89.9 Å². The standard InChI is InChI=1S/C70H131NO5/c1-3-5-7-9-11-13-15-17-18-33-37-40-44-48-52-56-60-64-70(75)76-65-61-57-53-49-45-41-38-35-32-30-28-26-24-22-20-19-21-23-25-27-29-31-34-36-39-43-47-51-55-59-63-69(74)71-67(66-72)68(73)62-58-54-50-46-42-16-14-12-10-8-6-4-2/h11,13,17-18,20,22,58,62,67-68,72-73H,3-10,12,14-16,19,21,23-57,59-61,63-66H2,1-2H3,(H,71,74)/b13-11-,18-17-,22-20-,62-58+. The Morgan fingerprint density at radius 2 is 0.658 bits per heavy atom. The van der Waals surface area contributed by atoms with Crippen molar-refractivity contribution in [2.75, 3.05) is 13.2 Å². The Bertz CT molecular complexity index is 1270. The Labute approximate surface area is 474 Å². The molecule has 76 heavy (non-hydrogen) atoms. The Kier molecular flexibility index (Phi) is 63.5. The van der Waals surface area contributed by atoms with Crippen LogP contribution in [0.15, 0.2) is 48.6 Å². The molecule has 0 aromatic heterocycles. The van der Waals surface area contributed by atoms with E-state index in [1.165, 1.54) is 283 Å². The molecule has 1 amide bonds. The van der Waals surface area contributed by atoms with Gasteiger partial charge in [-0.25, -0.2) is 0 Å². The summed E-state index contributed by atoms with van der Waals surface area (Å²) in [7, 11) is 0. The average molecular weight is 1070 g/mol. The Morgan fingerprint density at radius 1 is 0.368 bits per heavy atom. The van der Waals surface area contributed by atoms with Crippen LogP contribution in [-0.2, 0) is 14.3 Å². The molecule has 0 aliphatic heterocycles. The van der Waals surface area contributed by atoms with E-state index in [0.29, 0.717) is 19.4 Å². The quantitative estimate of drug-likeness (QED) is 0.0320. The summed E-state index contributed by atoms with van der Waals surface area (Å²) in [5, 5.41) is 23.1. The number of ether oxygens (including phenoxy) is 1. The molecule has 2 atom stereocenters. The molecule has 0 aliphatic carbocycles. The van der Waals surface area contributed by atoms with Gasteiger partial charge < -0.3 is 20.3 Å². The molecule has 0 spiro atoms. The summed E-state index contributed by atoms with van der Waals surface area (Å²) >= 11 is 0. The van der Waals surface area contributed by atoms with Crippen molar-refractivity contribution in [3.05, 3.63) is 48.6 Å². The van der Waals surface area contributed by atoms with Crippen LogP contribution in [0.4, 0.5) is 0 Å². The minimum Gasteiger partial charge on any atom is -0.466 e. The molecule has 0 rings (SSSR count). The lowest BCUT2D eigenvalue weighted by atomic mass is 10.0. The van der Waals surface area contributed by atoms with Gasteiger partial charge in [0.1, 0.15) is 0 Å². The van der Waals surface area contributed by atoms with Gasteiger partial charge in [0.05, 0.1) is 25.4 Å². The van der Waals surface area contributed by atoms with Crippen molar-refractivity contribution in [2.45, 2.75) is 373 Å². The third kappa shape index (κ3) is 61.0. The second-order valence-corrected chi connectivity index (χ2v) is 23.1. The second kappa shape index (κ2) is 65.3. The van der Waals surface area contributed by atoms with Crippen molar-refractivity contribution in [2.24, 2.45) is 0 Å². The average Bonchev–Trinajstić information content (AvgIpc) is 3.42. The third-order valence-electron chi connectivity index (χ3n) is 15.6. The second-order valence-electron chi connectivity index (χ2n) is 23.1. The first-order valence-corrected chi connectivity index (χ1v) is 33.9. The van der Waals surface area contributed by atoms with Crippen molar-refractivity contribution in [3.8, 4) is 0 Å². The van der Waals surface area contributed by atoms with Gasteiger partial charge in [-0.15, -0.1) is 0 Å². The summed E-state index contributed by atoms with van der Waals surface area (Å²) in [5.74, 6) is -0.0576. The number of nitrogens with one attached hydrogen (secondary N) is 1. The van der Waals surface area contributed by atoms with E-state index in [1.807, 2.05) is 6.08 Å². The van der Waals surface area contributed by atoms with Gasteiger partial charge in [0.15, 0.2) is 0 Å². The van der Waals surface area contributed by atoms with Crippen molar-refractivity contribution in [1.82, 2.24) is 5.32 Å². The van der Waals surface area contributed by atoms with Crippen molar-refractivity contribution in [3.63, 3.8) is 0 Å². The topological polar surface area (TPSA) is 95.9 Å². The van der Waals surface area contributed by atoms with Crippen LogP contribution in [0.25, 0.3) is 0 Å². The fourth-order valence-corrected chi connectivity index (χ4v) is 10.4. The molecule has 0 saturated heterocycles. The largest absolute Gasteiger partial charge is 0.466 e. The highest BCUT2D eigenvalue weighted by Gasteiger charge is 2.18. The van der Waals surface area contributed by atoms with Crippen LogP contribution in [0.3, 0.4) is 0 Å².